The Morgan fingerprint density at radius 2 is 2.22 bits per heavy atom. The highest BCUT2D eigenvalue weighted by atomic mass is 16.6. The van der Waals surface area contributed by atoms with Crippen molar-refractivity contribution in [2.75, 3.05) is 7.11 Å². The van der Waals surface area contributed by atoms with Crippen LogP contribution >= 0.6 is 0 Å². The van der Waals surface area contributed by atoms with E-state index in [4.69, 9.17) is 4.74 Å². The van der Waals surface area contributed by atoms with Crippen LogP contribution < -0.4 is 4.74 Å². The maximum absolute atomic E-state index is 10.9. The van der Waals surface area contributed by atoms with Gasteiger partial charge in [-0.3, -0.25) is 14.5 Å². The van der Waals surface area contributed by atoms with E-state index in [0.29, 0.717) is 23.5 Å². The van der Waals surface area contributed by atoms with Crippen LogP contribution in [0.15, 0.2) is 42.6 Å². The summed E-state index contributed by atoms with van der Waals surface area (Å²) in [6.07, 6.45) is 1.76. The lowest BCUT2D eigenvalue weighted by molar-refractivity contribution is -0.385. The van der Waals surface area contributed by atoms with Gasteiger partial charge in [0, 0.05) is 12.5 Å². The number of benzene rings is 1. The summed E-state index contributed by atoms with van der Waals surface area (Å²) in [6, 6.07) is 12.5. The van der Waals surface area contributed by atoms with Gasteiger partial charge in [0.1, 0.15) is 23.2 Å². The number of hydrogen-bond donors (Lipinski definition) is 0. The zero-order chi connectivity index (χ0) is 16.4. The standard InChI is InChI=1S/C16H12N4O3/c1-23-13-4-2-3-11(7-13)8-14-15(9-17)19-10-12(20(21)22)5-6-16(19)18-14/h2-7,10H,8H2,1H3. The number of pyridine rings is 1. The summed E-state index contributed by atoms with van der Waals surface area (Å²) >= 11 is 0. The first kappa shape index (κ1) is 14.5. The molecule has 3 aromatic rings. The molecule has 0 amide bonds. The van der Waals surface area contributed by atoms with E-state index < -0.39 is 4.92 Å². The molecule has 0 fully saturated rings. The van der Waals surface area contributed by atoms with Gasteiger partial charge in [0.05, 0.1) is 23.9 Å². The Morgan fingerprint density at radius 3 is 2.91 bits per heavy atom. The van der Waals surface area contributed by atoms with E-state index in [1.54, 1.807) is 7.11 Å². The third-order valence-electron chi connectivity index (χ3n) is 3.50. The lowest BCUT2D eigenvalue weighted by atomic mass is 10.1. The lowest BCUT2D eigenvalue weighted by Gasteiger charge is -2.03. The molecule has 0 aliphatic rings. The Hall–Kier alpha value is -3.40. The molecule has 0 unspecified atom stereocenters. The van der Waals surface area contributed by atoms with Crippen molar-refractivity contribution in [3.63, 3.8) is 0 Å². The molecule has 2 aromatic heterocycles. The quantitative estimate of drug-likeness (QED) is 0.545. The van der Waals surface area contributed by atoms with Crippen LogP contribution in [0.1, 0.15) is 17.0 Å². The van der Waals surface area contributed by atoms with Crippen molar-refractivity contribution in [3.8, 4) is 11.8 Å². The lowest BCUT2D eigenvalue weighted by Crippen LogP contribution is -1.96. The predicted molar refractivity (Wildman–Crippen MR) is 82.4 cm³/mol. The average molecular weight is 308 g/mol. The third kappa shape index (κ3) is 2.70. The minimum Gasteiger partial charge on any atom is -0.497 e. The van der Waals surface area contributed by atoms with E-state index in [9.17, 15) is 15.4 Å². The summed E-state index contributed by atoms with van der Waals surface area (Å²) in [6.45, 7) is 0. The molecule has 1 aromatic carbocycles. The van der Waals surface area contributed by atoms with E-state index in [1.165, 1.54) is 22.7 Å². The topological polar surface area (TPSA) is 93.5 Å². The van der Waals surface area contributed by atoms with E-state index in [2.05, 4.69) is 11.1 Å². The molecule has 0 saturated heterocycles. The van der Waals surface area contributed by atoms with Gasteiger partial charge in [-0.2, -0.15) is 5.26 Å². The highest BCUT2D eigenvalue weighted by Crippen LogP contribution is 2.21. The van der Waals surface area contributed by atoms with E-state index in [1.807, 2.05) is 24.3 Å². The van der Waals surface area contributed by atoms with Crippen LogP contribution in [-0.2, 0) is 6.42 Å². The monoisotopic (exact) mass is 308 g/mol. The van der Waals surface area contributed by atoms with Gasteiger partial charge in [-0.15, -0.1) is 0 Å². The molecule has 0 saturated carbocycles. The molecule has 0 N–H and O–H groups in total. The molecule has 0 aliphatic carbocycles. The van der Waals surface area contributed by atoms with Crippen LogP contribution in [0.5, 0.6) is 5.75 Å². The maximum Gasteiger partial charge on any atom is 0.286 e. The molecule has 0 spiro atoms. The fourth-order valence-corrected chi connectivity index (χ4v) is 2.41. The molecule has 0 aliphatic heterocycles. The molecule has 3 rings (SSSR count). The van der Waals surface area contributed by atoms with Crippen LogP contribution in [0.25, 0.3) is 5.65 Å². The van der Waals surface area contributed by atoms with Gasteiger partial charge in [-0.25, -0.2) is 4.98 Å². The number of ether oxygens (including phenoxy) is 1. The number of rotatable bonds is 4. The Morgan fingerprint density at radius 1 is 1.39 bits per heavy atom. The van der Waals surface area contributed by atoms with Gasteiger partial charge in [0.2, 0.25) is 0 Å². The van der Waals surface area contributed by atoms with Gasteiger partial charge in [-0.05, 0) is 23.8 Å². The number of aromatic nitrogens is 2. The van der Waals surface area contributed by atoms with Gasteiger partial charge < -0.3 is 4.74 Å². The molecule has 23 heavy (non-hydrogen) atoms. The molecular weight excluding hydrogens is 296 g/mol. The zero-order valence-corrected chi connectivity index (χ0v) is 12.3. The number of nitriles is 1. The zero-order valence-electron chi connectivity index (χ0n) is 12.3. The maximum atomic E-state index is 10.9. The molecule has 7 heteroatoms. The van der Waals surface area contributed by atoms with Crippen LogP contribution in [0.3, 0.4) is 0 Å². The molecular formula is C16H12N4O3. The predicted octanol–water partition coefficient (Wildman–Crippen LogP) is 2.71. The second kappa shape index (κ2) is 5.77. The SMILES string of the molecule is COc1cccc(Cc2nc3ccc([N+](=O)[O-])cn3c2C#N)c1. The van der Waals surface area contributed by atoms with E-state index in [0.717, 1.165) is 11.3 Å². The summed E-state index contributed by atoms with van der Waals surface area (Å²) in [4.78, 5) is 14.8. The van der Waals surface area contributed by atoms with Crippen molar-refractivity contribution in [3.05, 3.63) is 69.7 Å². The number of nitro groups is 1. The first-order chi connectivity index (χ1) is 11.1. The van der Waals surface area contributed by atoms with E-state index >= 15 is 0 Å². The van der Waals surface area contributed by atoms with Crippen molar-refractivity contribution in [1.82, 2.24) is 9.38 Å². The smallest absolute Gasteiger partial charge is 0.286 e. The third-order valence-corrected chi connectivity index (χ3v) is 3.50. The Balaban J connectivity index is 2.07. The number of imidazole rings is 1. The van der Waals surface area contributed by atoms with Crippen LogP contribution in [0.2, 0.25) is 0 Å². The molecule has 0 radical (unpaired) electrons. The fourth-order valence-electron chi connectivity index (χ4n) is 2.41. The van der Waals surface area contributed by atoms with Crippen molar-refractivity contribution in [2.24, 2.45) is 0 Å². The first-order valence-corrected chi connectivity index (χ1v) is 6.81. The largest absolute Gasteiger partial charge is 0.497 e. The van der Waals surface area contributed by atoms with Gasteiger partial charge >= 0.3 is 0 Å². The normalized spacial score (nSPS) is 10.4. The molecule has 0 bridgehead atoms. The number of hydrogen-bond acceptors (Lipinski definition) is 5. The second-order valence-corrected chi connectivity index (χ2v) is 4.92. The highest BCUT2D eigenvalue weighted by molar-refractivity contribution is 5.51. The highest BCUT2D eigenvalue weighted by Gasteiger charge is 2.15. The molecule has 7 nitrogen and oxygen atoms in total. The second-order valence-electron chi connectivity index (χ2n) is 4.92. The minimum atomic E-state index is -0.498. The van der Waals surface area contributed by atoms with Crippen molar-refractivity contribution < 1.29 is 9.66 Å². The molecule has 2 heterocycles. The number of fused-ring (bicyclic) bond motifs is 1. The average Bonchev–Trinajstić information content (AvgIpc) is 2.90. The molecule has 0 atom stereocenters. The number of methoxy groups -OCH3 is 1. The number of nitrogens with zero attached hydrogens (tertiary/aromatic N) is 4. The Labute approximate surface area is 131 Å². The molecule has 114 valence electrons. The summed E-state index contributed by atoms with van der Waals surface area (Å²) < 4.78 is 6.64. The van der Waals surface area contributed by atoms with Gasteiger partial charge in [-0.1, -0.05) is 12.1 Å². The first-order valence-electron chi connectivity index (χ1n) is 6.81. The summed E-state index contributed by atoms with van der Waals surface area (Å²) in [5, 5.41) is 20.3. The Kier molecular flexibility index (Phi) is 3.65. The fraction of sp³-hybridized carbons (Fsp3) is 0.125. The van der Waals surface area contributed by atoms with Crippen molar-refractivity contribution >= 4 is 11.3 Å². The minimum absolute atomic E-state index is 0.0840. The van der Waals surface area contributed by atoms with Crippen molar-refractivity contribution in [1.29, 1.82) is 5.26 Å². The van der Waals surface area contributed by atoms with Crippen LogP contribution in [0, 0.1) is 21.4 Å². The van der Waals surface area contributed by atoms with Crippen LogP contribution in [-0.4, -0.2) is 21.4 Å². The summed E-state index contributed by atoms with van der Waals surface area (Å²) in [5.41, 5.74) is 2.23. The summed E-state index contributed by atoms with van der Waals surface area (Å²) in [5.74, 6) is 0.723. The summed E-state index contributed by atoms with van der Waals surface area (Å²) in [7, 11) is 1.59. The van der Waals surface area contributed by atoms with Gasteiger partial charge in [0.25, 0.3) is 5.69 Å². The van der Waals surface area contributed by atoms with Gasteiger partial charge in [0.15, 0.2) is 0 Å². The van der Waals surface area contributed by atoms with Crippen LogP contribution in [0.4, 0.5) is 5.69 Å². The Bertz CT molecular complexity index is 940. The van der Waals surface area contributed by atoms with E-state index in [-0.39, 0.29) is 5.69 Å². The van der Waals surface area contributed by atoms with Crippen molar-refractivity contribution in [2.45, 2.75) is 6.42 Å².